The van der Waals surface area contributed by atoms with Gasteiger partial charge in [-0.25, -0.2) is 0 Å². The van der Waals surface area contributed by atoms with E-state index in [1.54, 1.807) is 0 Å². The minimum atomic E-state index is 0.741. The van der Waals surface area contributed by atoms with Gasteiger partial charge in [0.2, 0.25) is 0 Å². The standard InChI is InChI=1S/C8H16S/c1-4-6-7-8(5-2)9-3/h6-8H,4-5H2,1-3H3. The van der Waals surface area contributed by atoms with Crippen LogP contribution in [0.1, 0.15) is 26.7 Å². The molecule has 0 spiro atoms. The van der Waals surface area contributed by atoms with Crippen molar-refractivity contribution in [2.75, 3.05) is 6.26 Å². The lowest BCUT2D eigenvalue weighted by atomic mass is 10.3. The topological polar surface area (TPSA) is 0 Å². The molecule has 0 nitrogen and oxygen atoms in total. The molecule has 1 unspecified atom stereocenters. The van der Waals surface area contributed by atoms with E-state index < -0.39 is 0 Å². The smallest absolute Gasteiger partial charge is 0.0221 e. The zero-order valence-electron chi connectivity index (χ0n) is 6.55. The summed E-state index contributed by atoms with van der Waals surface area (Å²) < 4.78 is 0. The van der Waals surface area contributed by atoms with E-state index in [0.29, 0.717) is 0 Å². The van der Waals surface area contributed by atoms with E-state index in [0.717, 1.165) is 11.7 Å². The van der Waals surface area contributed by atoms with Gasteiger partial charge in [-0.1, -0.05) is 26.0 Å². The molecule has 0 amide bonds. The zero-order valence-corrected chi connectivity index (χ0v) is 7.37. The molecule has 0 saturated carbocycles. The highest BCUT2D eigenvalue weighted by molar-refractivity contribution is 7.99. The first kappa shape index (κ1) is 9.09. The molecule has 0 aromatic carbocycles. The summed E-state index contributed by atoms with van der Waals surface area (Å²) in [4.78, 5) is 0. The first-order chi connectivity index (χ1) is 4.35. The summed E-state index contributed by atoms with van der Waals surface area (Å²) in [6, 6.07) is 0. The zero-order chi connectivity index (χ0) is 7.11. The quantitative estimate of drug-likeness (QED) is 0.546. The van der Waals surface area contributed by atoms with E-state index in [4.69, 9.17) is 0 Å². The van der Waals surface area contributed by atoms with Crippen molar-refractivity contribution in [3.63, 3.8) is 0 Å². The number of hydrogen-bond acceptors (Lipinski definition) is 1. The van der Waals surface area contributed by atoms with Gasteiger partial charge >= 0.3 is 0 Å². The molecule has 0 saturated heterocycles. The molecule has 0 fully saturated rings. The second kappa shape index (κ2) is 6.21. The highest BCUT2D eigenvalue weighted by atomic mass is 32.2. The predicted octanol–water partition coefficient (Wildman–Crippen LogP) is 3.09. The van der Waals surface area contributed by atoms with E-state index in [1.165, 1.54) is 6.42 Å². The van der Waals surface area contributed by atoms with Gasteiger partial charge in [-0.2, -0.15) is 11.8 Å². The molecule has 54 valence electrons. The molecule has 0 aromatic heterocycles. The van der Waals surface area contributed by atoms with Gasteiger partial charge in [0, 0.05) is 5.25 Å². The number of thioether (sulfide) groups is 1. The fourth-order valence-electron chi connectivity index (χ4n) is 0.669. The summed E-state index contributed by atoms with van der Waals surface area (Å²) in [5.41, 5.74) is 0. The Bertz CT molecular complexity index is 72.6. The lowest BCUT2D eigenvalue weighted by molar-refractivity contribution is 0.972. The van der Waals surface area contributed by atoms with Crippen LogP contribution in [0.15, 0.2) is 12.2 Å². The third-order valence-corrected chi connectivity index (χ3v) is 2.39. The highest BCUT2D eigenvalue weighted by Crippen LogP contribution is 2.11. The third kappa shape index (κ3) is 4.58. The van der Waals surface area contributed by atoms with E-state index in [1.807, 2.05) is 11.8 Å². The van der Waals surface area contributed by atoms with Crippen molar-refractivity contribution in [2.45, 2.75) is 31.9 Å². The van der Waals surface area contributed by atoms with Crippen LogP contribution in [0.25, 0.3) is 0 Å². The molecule has 0 bridgehead atoms. The molecule has 0 radical (unpaired) electrons. The maximum Gasteiger partial charge on any atom is 0.0221 e. The highest BCUT2D eigenvalue weighted by Gasteiger charge is 1.94. The van der Waals surface area contributed by atoms with Crippen molar-refractivity contribution in [1.82, 2.24) is 0 Å². The second-order valence-corrected chi connectivity index (χ2v) is 3.10. The maximum absolute atomic E-state index is 2.30. The van der Waals surface area contributed by atoms with Gasteiger partial charge in [0.05, 0.1) is 0 Å². The Hall–Kier alpha value is 0.0900. The summed E-state index contributed by atoms with van der Waals surface area (Å²) in [5, 5.41) is 0.741. The summed E-state index contributed by atoms with van der Waals surface area (Å²) in [7, 11) is 0. The lowest BCUT2D eigenvalue weighted by Crippen LogP contribution is -1.92. The van der Waals surface area contributed by atoms with Gasteiger partial charge in [0.1, 0.15) is 0 Å². The summed E-state index contributed by atoms with van der Waals surface area (Å²) >= 11 is 1.92. The van der Waals surface area contributed by atoms with Crippen molar-refractivity contribution in [3.8, 4) is 0 Å². The van der Waals surface area contributed by atoms with E-state index >= 15 is 0 Å². The summed E-state index contributed by atoms with van der Waals surface area (Å²) in [5.74, 6) is 0. The first-order valence-electron chi connectivity index (χ1n) is 3.54. The van der Waals surface area contributed by atoms with E-state index in [9.17, 15) is 0 Å². The molecular weight excluding hydrogens is 128 g/mol. The van der Waals surface area contributed by atoms with E-state index in [2.05, 4.69) is 32.3 Å². The molecule has 0 aromatic rings. The van der Waals surface area contributed by atoms with Gasteiger partial charge in [-0.15, -0.1) is 0 Å². The molecule has 0 heterocycles. The van der Waals surface area contributed by atoms with Crippen LogP contribution in [0.5, 0.6) is 0 Å². The Labute approximate surface area is 62.7 Å². The maximum atomic E-state index is 2.30. The molecule has 0 N–H and O–H groups in total. The van der Waals surface area contributed by atoms with Crippen LogP contribution in [-0.2, 0) is 0 Å². The third-order valence-electron chi connectivity index (χ3n) is 1.29. The number of hydrogen-bond donors (Lipinski definition) is 0. The molecule has 0 aliphatic carbocycles. The second-order valence-electron chi connectivity index (χ2n) is 2.02. The average Bonchev–Trinajstić information content (AvgIpc) is 1.91. The van der Waals surface area contributed by atoms with Crippen LogP contribution in [-0.4, -0.2) is 11.5 Å². The first-order valence-corrected chi connectivity index (χ1v) is 4.83. The van der Waals surface area contributed by atoms with Crippen LogP contribution >= 0.6 is 11.8 Å². The van der Waals surface area contributed by atoms with Crippen LogP contribution in [0.3, 0.4) is 0 Å². The van der Waals surface area contributed by atoms with E-state index in [-0.39, 0.29) is 0 Å². The molecule has 0 aliphatic heterocycles. The van der Waals surface area contributed by atoms with Crippen LogP contribution in [0, 0.1) is 0 Å². The molecule has 1 atom stereocenters. The molecule has 0 aliphatic rings. The SMILES string of the molecule is CCC=CC(CC)SC. The normalized spacial score (nSPS) is 14.6. The number of allylic oxidation sites excluding steroid dienone is 1. The van der Waals surface area contributed by atoms with Crippen molar-refractivity contribution in [2.24, 2.45) is 0 Å². The fourth-order valence-corrected chi connectivity index (χ4v) is 1.27. The Morgan fingerprint density at radius 3 is 2.44 bits per heavy atom. The summed E-state index contributed by atoms with van der Waals surface area (Å²) in [6.45, 7) is 4.39. The largest absolute Gasteiger partial charge is 0.158 e. The average molecular weight is 144 g/mol. The van der Waals surface area contributed by atoms with Crippen molar-refractivity contribution < 1.29 is 0 Å². The Morgan fingerprint density at radius 1 is 1.44 bits per heavy atom. The summed E-state index contributed by atoms with van der Waals surface area (Å²) in [6.07, 6.45) is 9.11. The van der Waals surface area contributed by atoms with Crippen LogP contribution < -0.4 is 0 Å². The fraction of sp³-hybridized carbons (Fsp3) is 0.750. The van der Waals surface area contributed by atoms with Crippen molar-refractivity contribution in [1.29, 1.82) is 0 Å². The molecular formula is C8H16S. The van der Waals surface area contributed by atoms with Gasteiger partial charge < -0.3 is 0 Å². The van der Waals surface area contributed by atoms with Gasteiger partial charge in [-0.05, 0) is 19.1 Å². The van der Waals surface area contributed by atoms with Crippen LogP contribution in [0.4, 0.5) is 0 Å². The van der Waals surface area contributed by atoms with Crippen molar-refractivity contribution >= 4 is 11.8 Å². The number of rotatable bonds is 4. The monoisotopic (exact) mass is 144 g/mol. The molecule has 0 rings (SSSR count). The molecule has 9 heavy (non-hydrogen) atoms. The van der Waals surface area contributed by atoms with Gasteiger partial charge in [0.25, 0.3) is 0 Å². The predicted molar refractivity (Wildman–Crippen MR) is 47.0 cm³/mol. The minimum absolute atomic E-state index is 0.741. The van der Waals surface area contributed by atoms with Gasteiger partial charge in [0.15, 0.2) is 0 Å². The van der Waals surface area contributed by atoms with Crippen LogP contribution in [0.2, 0.25) is 0 Å². The van der Waals surface area contributed by atoms with Crippen molar-refractivity contribution in [3.05, 3.63) is 12.2 Å². The Morgan fingerprint density at radius 2 is 2.11 bits per heavy atom. The molecule has 1 heteroatoms. The lowest BCUT2D eigenvalue weighted by Gasteiger charge is -2.03. The Kier molecular flexibility index (Phi) is 6.28. The van der Waals surface area contributed by atoms with Gasteiger partial charge in [-0.3, -0.25) is 0 Å². The minimum Gasteiger partial charge on any atom is -0.158 e. The Balaban J connectivity index is 3.41.